The van der Waals surface area contributed by atoms with E-state index >= 15 is 0 Å². The zero-order chi connectivity index (χ0) is 19.7. The number of aromatic amines is 1. The summed E-state index contributed by atoms with van der Waals surface area (Å²) in [4.78, 5) is 38.3. The molecule has 0 amide bonds. The van der Waals surface area contributed by atoms with E-state index in [1.54, 1.807) is 12.1 Å². The van der Waals surface area contributed by atoms with Crippen molar-refractivity contribution in [1.82, 2.24) is 4.98 Å². The third-order valence-corrected chi connectivity index (χ3v) is 4.71. The Balaban J connectivity index is 2.07. The smallest absolute Gasteiger partial charge is 0.341 e. The van der Waals surface area contributed by atoms with Gasteiger partial charge in [0, 0.05) is 29.2 Å². The van der Waals surface area contributed by atoms with Gasteiger partial charge >= 0.3 is 5.97 Å². The Kier molecular flexibility index (Phi) is 4.89. The number of nitrogens with one attached hydrogen (secondary N) is 1. The Bertz CT molecular complexity index is 977. The van der Waals surface area contributed by atoms with E-state index in [0.29, 0.717) is 29.4 Å². The Morgan fingerprint density at radius 2 is 1.78 bits per heavy atom. The minimum Gasteiger partial charge on any atom is -0.493 e. The topological polar surface area (TPSA) is 115 Å². The van der Waals surface area contributed by atoms with Gasteiger partial charge in [0.25, 0.3) is 5.56 Å². The second-order valence-electron chi connectivity index (χ2n) is 6.16. The number of Topliss-reactive ketones (excluding diaryl/α,β-unsaturated/α-hetero) is 1. The molecule has 8 nitrogen and oxygen atoms in total. The first-order chi connectivity index (χ1) is 12.9. The minimum atomic E-state index is -1.37. The van der Waals surface area contributed by atoms with Gasteiger partial charge in [0.15, 0.2) is 17.3 Å². The van der Waals surface area contributed by atoms with Crippen molar-refractivity contribution in [1.29, 1.82) is 0 Å². The molecule has 27 heavy (non-hydrogen) atoms. The number of aromatic nitrogens is 1. The maximum atomic E-state index is 12.6. The molecule has 0 bridgehead atoms. The molecule has 2 aromatic rings. The van der Waals surface area contributed by atoms with Crippen LogP contribution < -0.4 is 19.8 Å². The summed E-state index contributed by atoms with van der Waals surface area (Å²) < 4.78 is 16.2. The molecule has 0 saturated carbocycles. The molecule has 0 aliphatic heterocycles. The average Bonchev–Trinajstić information content (AvgIpc) is 2.65. The molecule has 1 heterocycles. The Morgan fingerprint density at radius 1 is 1.07 bits per heavy atom. The molecule has 1 aromatic heterocycles. The van der Waals surface area contributed by atoms with Crippen LogP contribution in [0.2, 0.25) is 0 Å². The third-order valence-electron chi connectivity index (χ3n) is 4.71. The lowest BCUT2D eigenvalue weighted by Gasteiger charge is -2.26. The Hall–Kier alpha value is -3.29. The lowest BCUT2D eigenvalue weighted by Crippen LogP contribution is -2.27. The van der Waals surface area contributed by atoms with Gasteiger partial charge in [0.1, 0.15) is 5.56 Å². The highest BCUT2D eigenvalue weighted by molar-refractivity contribution is 6.01. The molecule has 1 aromatic carbocycles. The second kappa shape index (κ2) is 7.14. The molecule has 0 unspecified atom stereocenters. The molecular weight excluding hydrogens is 354 g/mol. The van der Waals surface area contributed by atoms with Gasteiger partial charge in [-0.05, 0) is 18.6 Å². The monoisotopic (exact) mass is 373 g/mol. The summed E-state index contributed by atoms with van der Waals surface area (Å²) in [5, 5.41) is 9.09. The molecule has 0 radical (unpaired) electrons. The number of aromatic carboxylic acids is 1. The van der Waals surface area contributed by atoms with Gasteiger partial charge in [-0.1, -0.05) is 6.07 Å². The van der Waals surface area contributed by atoms with Crippen LogP contribution in [0.25, 0.3) is 0 Å². The van der Waals surface area contributed by atoms with Gasteiger partial charge in [-0.2, -0.15) is 0 Å². The van der Waals surface area contributed by atoms with Crippen LogP contribution in [0.1, 0.15) is 44.3 Å². The lowest BCUT2D eigenvalue weighted by molar-refractivity contribution is 0.0695. The highest BCUT2D eigenvalue weighted by Gasteiger charge is 2.31. The fourth-order valence-corrected chi connectivity index (χ4v) is 3.46. The fourth-order valence-electron chi connectivity index (χ4n) is 3.46. The van der Waals surface area contributed by atoms with Gasteiger partial charge < -0.3 is 24.3 Å². The maximum absolute atomic E-state index is 12.6. The quantitative estimate of drug-likeness (QED) is 0.824. The zero-order valence-corrected chi connectivity index (χ0v) is 15.1. The minimum absolute atomic E-state index is 0.157. The van der Waals surface area contributed by atoms with Crippen molar-refractivity contribution < 1.29 is 28.9 Å². The van der Waals surface area contributed by atoms with Crippen molar-refractivity contribution >= 4 is 11.8 Å². The predicted octanol–water partition coefficient (Wildman–Crippen LogP) is 2.01. The van der Waals surface area contributed by atoms with Gasteiger partial charge in [0.2, 0.25) is 5.75 Å². The number of fused-ring (bicyclic) bond motifs is 1. The Labute approximate surface area is 154 Å². The van der Waals surface area contributed by atoms with Crippen molar-refractivity contribution in [3.8, 4) is 17.2 Å². The van der Waals surface area contributed by atoms with Crippen LogP contribution in [0.4, 0.5) is 0 Å². The number of ketones is 1. The number of pyridine rings is 1. The summed E-state index contributed by atoms with van der Waals surface area (Å²) in [6.07, 6.45) is 0.520. The van der Waals surface area contributed by atoms with Crippen LogP contribution in [-0.2, 0) is 6.42 Å². The standard InChI is InChI=1S/C19H19NO7/c1-25-15-5-4-10(16(26-2)17(15)27-3)9-6-13-11(14(21)7-9)8-12(19(23)24)18(22)20-13/h4-5,8-9H,6-7H2,1-3H3,(H,20,22)(H,23,24)/t9-/m0/s1. The van der Waals surface area contributed by atoms with Gasteiger partial charge in [-0.15, -0.1) is 0 Å². The van der Waals surface area contributed by atoms with E-state index in [1.807, 2.05) is 0 Å². The number of ether oxygens (including phenoxy) is 3. The van der Waals surface area contributed by atoms with E-state index in [2.05, 4.69) is 4.98 Å². The van der Waals surface area contributed by atoms with Crippen molar-refractivity contribution in [2.24, 2.45) is 0 Å². The summed E-state index contributed by atoms with van der Waals surface area (Å²) >= 11 is 0. The van der Waals surface area contributed by atoms with Crippen LogP contribution in [0, 0.1) is 0 Å². The SMILES string of the molecule is COc1ccc([C@@H]2CC(=O)c3cc(C(=O)O)c(=O)[nH]c3C2)c(OC)c1OC. The van der Waals surface area contributed by atoms with E-state index in [4.69, 9.17) is 19.3 Å². The van der Waals surface area contributed by atoms with Crippen molar-refractivity contribution in [2.75, 3.05) is 21.3 Å². The van der Waals surface area contributed by atoms with Crippen LogP contribution >= 0.6 is 0 Å². The number of carboxylic acid groups (broad SMARTS) is 1. The first kappa shape index (κ1) is 18.5. The number of carbonyl (C=O) groups excluding carboxylic acids is 1. The number of H-pyrrole nitrogens is 1. The summed E-state index contributed by atoms with van der Waals surface area (Å²) in [6, 6.07) is 4.68. The van der Waals surface area contributed by atoms with E-state index in [0.717, 1.165) is 11.6 Å². The number of hydrogen-bond donors (Lipinski definition) is 2. The zero-order valence-electron chi connectivity index (χ0n) is 15.1. The molecule has 1 atom stereocenters. The van der Waals surface area contributed by atoms with E-state index in [1.165, 1.54) is 21.3 Å². The molecule has 0 fully saturated rings. The largest absolute Gasteiger partial charge is 0.493 e. The van der Waals surface area contributed by atoms with Crippen LogP contribution in [0.5, 0.6) is 17.2 Å². The average molecular weight is 373 g/mol. The molecular formula is C19H19NO7. The molecule has 2 N–H and O–H groups in total. The predicted molar refractivity (Wildman–Crippen MR) is 95.5 cm³/mol. The number of benzene rings is 1. The number of carbonyl (C=O) groups is 2. The first-order valence-corrected chi connectivity index (χ1v) is 8.22. The lowest BCUT2D eigenvalue weighted by atomic mass is 9.81. The highest BCUT2D eigenvalue weighted by atomic mass is 16.5. The van der Waals surface area contributed by atoms with Crippen LogP contribution in [-0.4, -0.2) is 43.2 Å². The fraction of sp³-hybridized carbons (Fsp3) is 0.316. The number of carboxylic acids is 1. The molecule has 0 saturated heterocycles. The van der Waals surface area contributed by atoms with Crippen molar-refractivity contribution in [3.05, 3.63) is 50.9 Å². The van der Waals surface area contributed by atoms with Crippen molar-refractivity contribution in [2.45, 2.75) is 18.8 Å². The van der Waals surface area contributed by atoms with Gasteiger partial charge in [-0.3, -0.25) is 9.59 Å². The van der Waals surface area contributed by atoms with Crippen LogP contribution in [0.15, 0.2) is 23.0 Å². The number of rotatable bonds is 5. The molecule has 0 spiro atoms. The highest BCUT2D eigenvalue weighted by Crippen LogP contribution is 2.45. The van der Waals surface area contributed by atoms with Crippen molar-refractivity contribution in [3.63, 3.8) is 0 Å². The summed E-state index contributed by atoms with van der Waals surface area (Å²) in [7, 11) is 4.51. The Morgan fingerprint density at radius 3 is 2.37 bits per heavy atom. The van der Waals surface area contributed by atoms with E-state index in [-0.39, 0.29) is 23.7 Å². The van der Waals surface area contributed by atoms with E-state index < -0.39 is 17.1 Å². The first-order valence-electron chi connectivity index (χ1n) is 8.22. The molecule has 3 rings (SSSR count). The molecule has 8 heteroatoms. The molecule has 1 aliphatic carbocycles. The summed E-state index contributed by atoms with van der Waals surface area (Å²) in [5.74, 6) is -0.480. The summed E-state index contributed by atoms with van der Waals surface area (Å²) in [6.45, 7) is 0. The maximum Gasteiger partial charge on any atom is 0.341 e. The second-order valence-corrected chi connectivity index (χ2v) is 6.16. The number of hydrogen-bond acceptors (Lipinski definition) is 6. The van der Waals surface area contributed by atoms with Gasteiger partial charge in [-0.25, -0.2) is 4.79 Å². The number of methoxy groups -OCH3 is 3. The van der Waals surface area contributed by atoms with E-state index in [9.17, 15) is 14.4 Å². The molecule has 1 aliphatic rings. The third kappa shape index (κ3) is 3.14. The van der Waals surface area contributed by atoms with Crippen LogP contribution in [0.3, 0.4) is 0 Å². The van der Waals surface area contributed by atoms with Gasteiger partial charge in [0.05, 0.1) is 21.3 Å². The molecule has 142 valence electrons. The normalized spacial score (nSPS) is 15.8. The summed E-state index contributed by atoms with van der Waals surface area (Å²) in [5.41, 5.74) is 0.237.